The van der Waals surface area contributed by atoms with Crippen LogP contribution in [0.4, 0.5) is 13.6 Å². The number of barbiturate groups is 1. The average molecular weight is 316 g/mol. The van der Waals surface area contributed by atoms with Crippen LogP contribution in [-0.2, 0) is 15.0 Å². The van der Waals surface area contributed by atoms with Gasteiger partial charge in [0.15, 0.2) is 5.41 Å². The van der Waals surface area contributed by atoms with E-state index in [9.17, 15) is 23.2 Å². The highest BCUT2D eigenvalue weighted by Gasteiger charge is 2.53. The van der Waals surface area contributed by atoms with Crippen LogP contribution in [0.1, 0.15) is 11.1 Å². The first-order valence-electron chi connectivity index (χ1n) is 6.63. The summed E-state index contributed by atoms with van der Waals surface area (Å²) < 4.78 is 26.4. The fraction of sp³-hybridized carbons (Fsp3) is 0.0625. The number of carbonyl (C=O) groups is 3. The minimum absolute atomic E-state index is 0.160. The van der Waals surface area contributed by atoms with Crippen molar-refractivity contribution >= 4 is 17.8 Å². The Morgan fingerprint density at radius 3 is 1.35 bits per heavy atom. The summed E-state index contributed by atoms with van der Waals surface area (Å²) >= 11 is 0. The van der Waals surface area contributed by atoms with Crippen LogP contribution in [0, 0.1) is 11.6 Å². The van der Waals surface area contributed by atoms with Gasteiger partial charge in [-0.3, -0.25) is 20.2 Å². The summed E-state index contributed by atoms with van der Waals surface area (Å²) in [6.45, 7) is 0. The summed E-state index contributed by atoms with van der Waals surface area (Å²) in [5, 5.41) is 4.06. The number of halogens is 2. The van der Waals surface area contributed by atoms with E-state index in [2.05, 4.69) is 0 Å². The average Bonchev–Trinajstić information content (AvgIpc) is 2.50. The molecule has 1 heterocycles. The van der Waals surface area contributed by atoms with Crippen LogP contribution in [0.2, 0.25) is 0 Å². The summed E-state index contributed by atoms with van der Waals surface area (Å²) in [5.41, 5.74) is -1.59. The summed E-state index contributed by atoms with van der Waals surface area (Å²) in [6.07, 6.45) is 0. The van der Waals surface area contributed by atoms with Gasteiger partial charge in [0.05, 0.1) is 0 Å². The highest BCUT2D eigenvalue weighted by Crippen LogP contribution is 2.35. The van der Waals surface area contributed by atoms with E-state index in [4.69, 9.17) is 0 Å². The Bertz CT molecular complexity index is 734. The van der Waals surface area contributed by atoms with Gasteiger partial charge in [-0.2, -0.15) is 0 Å². The second-order valence-electron chi connectivity index (χ2n) is 5.00. The van der Waals surface area contributed by atoms with Gasteiger partial charge in [0, 0.05) is 0 Å². The molecule has 2 aromatic rings. The molecule has 3 rings (SSSR count). The van der Waals surface area contributed by atoms with Crippen LogP contribution >= 0.6 is 0 Å². The van der Waals surface area contributed by atoms with Gasteiger partial charge >= 0.3 is 6.03 Å². The molecule has 0 aromatic heterocycles. The molecular formula is C16H10F2N2O3. The van der Waals surface area contributed by atoms with E-state index in [0.29, 0.717) is 0 Å². The van der Waals surface area contributed by atoms with E-state index in [1.54, 1.807) is 0 Å². The van der Waals surface area contributed by atoms with Crippen LogP contribution < -0.4 is 10.6 Å². The summed E-state index contributed by atoms with van der Waals surface area (Å²) in [5.74, 6) is -2.86. The largest absolute Gasteiger partial charge is 0.328 e. The standard InChI is InChI=1S/C16H10F2N2O3/c17-11-5-1-9(2-6-11)16(10-3-7-12(18)8-4-10)13(21)19-15(23)20-14(16)22/h1-8H,(H2,19,20,21,22,23). The predicted octanol–water partition coefficient (Wildman–Crippen LogP) is 1.62. The maximum absolute atomic E-state index is 13.2. The summed E-state index contributed by atoms with van der Waals surface area (Å²) in [6, 6.07) is 8.52. The van der Waals surface area contributed by atoms with Crippen LogP contribution in [0.15, 0.2) is 48.5 Å². The zero-order valence-electron chi connectivity index (χ0n) is 11.6. The minimum Gasteiger partial charge on any atom is -0.276 e. The predicted molar refractivity (Wildman–Crippen MR) is 75.3 cm³/mol. The smallest absolute Gasteiger partial charge is 0.276 e. The lowest BCUT2D eigenvalue weighted by atomic mass is 9.72. The number of urea groups is 1. The third-order valence-corrected chi connectivity index (χ3v) is 3.69. The number of carbonyl (C=O) groups excluding carboxylic acids is 3. The number of rotatable bonds is 2. The molecule has 116 valence electrons. The maximum atomic E-state index is 13.2. The van der Waals surface area contributed by atoms with Crippen molar-refractivity contribution in [3.63, 3.8) is 0 Å². The zero-order valence-corrected chi connectivity index (χ0v) is 11.6. The van der Waals surface area contributed by atoms with Gasteiger partial charge in [0.2, 0.25) is 0 Å². The molecule has 23 heavy (non-hydrogen) atoms. The molecule has 4 amide bonds. The minimum atomic E-state index is -1.91. The van der Waals surface area contributed by atoms with Crippen LogP contribution in [0.5, 0.6) is 0 Å². The molecule has 1 saturated heterocycles. The molecule has 1 fully saturated rings. The number of imide groups is 2. The third kappa shape index (κ3) is 2.26. The molecule has 1 aliphatic heterocycles. The Kier molecular flexibility index (Phi) is 3.40. The van der Waals surface area contributed by atoms with Crippen LogP contribution in [0.3, 0.4) is 0 Å². The molecule has 1 aliphatic rings. The Morgan fingerprint density at radius 2 is 1.00 bits per heavy atom. The van der Waals surface area contributed by atoms with Gasteiger partial charge in [-0.1, -0.05) is 24.3 Å². The first-order valence-corrected chi connectivity index (χ1v) is 6.63. The van der Waals surface area contributed by atoms with Gasteiger partial charge in [0.1, 0.15) is 11.6 Å². The molecule has 7 heteroatoms. The van der Waals surface area contributed by atoms with Gasteiger partial charge < -0.3 is 0 Å². The highest BCUT2D eigenvalue weighted by molar-refractivity contribution is 6.25. The van der Waals surface area contributed by atoms with Crippen molar-refractivity contribution in [3.05, 3.63) is 71.3 Å². The molecular weight excluding hydrogens is 306 g/mol. The van der Waals surface area contributed by atoms with Crippen molar-refractivity contribution in [3.8, 4) is 0 Å². The monoisotopic (exact) mass is 316 g/mol. The van der Waals surface area contributed by atoms with E-state index in [-0.39, 0.29) is 11.1 Å². The van der Waals surface area contributed by atoms with Crippen molar-refractivity contribution in [1.82, 2.24) is 10.6 Å². The van der Waals surface area contributed by atoms with Crippen LogP contribution in [0.25, 0.3) is 0 Å². The van der Waals surface area contributed by atoms with Gasteiger partial charge in [-0.25, -0.2) is 13.6 Å². The van der Waals surface area contributed by atoms with Gasteiger partial charge in [0.25, 0.3) is 11.8 Å². The molecule has 2 N–H and O–H groups in total. The van der Waals surface area contributed by atoms with Crippen molar-refractivity contribution in [2.75, 3.05) is 0 Å². The first kappa shape index (κ1) is 14.8. The normalized spacial score (nSPS) is 16.7. The molecule has 0 radical (unpaired) electrons. The quantitative estimate of drug-likeness (QED) is 0.827. The van der Waals surface area contributed by atoms with E-state index in [1.165, 1.54) is 24.3 Å². The summed E-state index contributed by atoms with van der Waals surface area (Å²) in [4.78, 5) is 36.4. The summed E-state index contributed by atoms with van der Waals surface area (Å²) in [7, 11) is 0. The lowest BCUT2D eigenvalue weighted by Gasteiger charge is -2.34. The lowest BCUT2D eigenvalue weighted by molar-refractivity contribution is -0.136. The second-order valence-corrected chi connectivity index (χ2v) is 5.00. The van der Waals surface area contributed by atoms with Crippen molar-refractivity contribution in [1.29, 1.82) is 0 Å². The molecule has 5 nitrogen and oxygen atoms in total. The Balaban J connectivity index is 2.27. The first-order chi connectivity index (χ1) is 10.9. The molecule has 2 aromatic carbocycles. The van der Waals surface area contributed by atoms with Crippen molar-refractivity contribution < 1.29 is 23.2 Å². The number of nitrogens with one attached hydrogen (secondary N) is 2. The number of amides is 4. The molecule has 0 atom stereocenters. The number of hydrogen-bond donors (Lipinski definition) is 2. The van der Waals surface area contributed by atoms with Crippen LogP contribution in [-0.4, -0.2) is 17.8 Å². The van der Waals surface area contributed by atoms with Crippen molar-refractivity contribution in [2.45, 2.75) is 5.41 Å². The second kappa shape index (κ2) is 5.28. The highest BCUT2D eigenvalue weighted by atomic mass is 19.1. The zero-order chi connectivity index (χ0) is 16.6. The topological polar surface area (TPSA) is 75.3 Å². The molecule has 0 spiro atoms. The fourth-order valence-electron chi connectivity index (χ4n) is 2.62. The lowest BCUT2D eigenvalue weighted by Crippen LogP contribution is -2.65. The fourth-order valence-corrected chi connectivity index (χ4v) is 2.62. The van der Waals surface area contributed by atoms with Gasteiger partial charge in [-0.15, -0.1) is 0 Å². The van der Waals surface area contributed by atoms with E-state index >= 15 is 0 Å². The molecule has 0 saturated carbocycles. The van der Waals surface area contributed by atoms with Crippen molar-refractivity contribution in [2.24, 2.45) is 0 Å². The third-order valence-electron chi connectivity index (χ3n) is 3.69. The van der Waals surface area contributed by atoms with E-state index in [1.807, 2.05) is 10.6 Å². The Morgan fingerprint density at radius 1 is 0.652 bits per heavy atom. The number of benzene rings is 2. The Labute approximate surface area is 129 Å². The van der Waals surface area contributed by atoms with E-state index < -0.39 is 34.9 Å². The SMILES string of the molecule is O=C1NC(=O)C(c2ccc(F)cc2)(c2ccc(F)cc2)C(=O)N1. The molecule has 0 unspecified atom stereocenters. The Hall–Kier alpha value is -3.09. The van der Waals surface area contributed by atoms with E-state index in [0.717, 1.165) is 24.3 Å². The van der Waals surface area contributed by atoms with Gasteiger partial charge in [-0.05, 0) is 35.4 Å². The molecule has 0 bridgehead atoms. The molecule has 0 aliphatic carbocycles. The maximum Gasteiger partial charge on any atom is 0.328 e. The number of hydrogen-bond acceptors (Lipinski definition) is 3.